The number of carboxylic acids is 1. The number of carbonyl (C=O) groups is 2. The van der Waals surface area contributed by atoms with Gasteiger partial charge < -0.3 is 15.4 Å². The number of amides is 1. The van der Waals surface area contributed by atoms with E-state index in [4.69, 9.17) is 5.11 Å². The highest BCUT2D eigenvalue weighted by molar-refractivity contribution is 6.07. The van der Waals surface area contributed by atoms with Gasteiger partial charge in [0.1, 0.15) is 6.04 Å². The van der Waals surface area contributed by atoms with E-state index in [9.17, 15) is 9.59 Å². The third-order valence-corrected chi connectivity index (χ3v) is 3.14. The number of aromatic nitrogens is 1. The lowest BCUT2D eigenvalue weighted by atomic mass is 10.0. The topological polar surface area (TPSA) is 82.2 Å². The number of nitrogens with one attached hydrogen (secondary N) is 2. The molecule has 2 rings (SSSR count). The average Bonchev–Trinajstić information content (AvgIpc) is 2.81. The minimum atomic E-state index is -1.01. The first-order valence-corrected chi connectivity index (χ1v) is 6.59. The number of rotatable bonds is 5. The van der Waals surface area contributed by atoms with E-state index in [0.29, 0.717) is 12.0 Å². The quantitative estimate of drug-likeness (QED) is 0.783. The molecule has 5 nitrogen and oxygen atoms in total. The van der Waals surface area contributed by atoms with Crippen molar-refractivity contribution in [2.75, 3.05) is 0 Å². The zero-order chi connectivity index (χ0) is 14.7. The van der Waals surface area contributed by atoms with E-state index in [1.807, 2.05) is 38.1 Å². The Bertz CT molecular complexity index is 631. The molecule has 20 heavy (non-hydrogen) atoms. The van der Waals surface area contributed by atoms with Gasteiger partial charge in [-0.05, 0) is 18.4 Å². The summed E-state index contributed by atoms with van der Waals surface area (Å²) in [7, 11) is 0. The fraction of sp³-hybridized carbons (Fsp3) is 0.333. The molecule has 2 aromatic rings. The van der Waals surface area contributed by atoms with Gasteiger partial charge in [-0.25, -0.2) is 4.79 Å². The molecule has 5 heteroatoms. The maximum absolute atomic E-state index is 12.2. The van der Waals surface area contributed by atoms with Crippen LogP contribution in [0.25, 0.3) is 10.9 Å². The average molecular weight is 274 g/mol. The predicted octanol–water partition coefficient (Wildman–Crippen LogP) is 2.40. The molecule has 1 atom stereocenters. The Morgan fingerprint density at radius 1 is 1.30 bits per heavy atom. The molecule has 3 N–H and O–H groups in total. The van der Waals surface area contributed by atoms with Crippen molar-refractivity contribution in [3.8, 4) is 0 Å². The van der Waals surface area contributed by atoms with Crippen LogP contribution in [0.2, 0.25) is 0 Å². The molecule has 0 aliphatic rings. The summed E-state index contributed by atoms with van der Waals surface area (Å²) >= 11 is 0. The van der Waals surface area contributed by atoms with Gasteiger partial charge in [0.05, 0.1) is 5.56 Å². The van der Waals surface area contributed by atoms with Crippen molar-refractivity contribution < 1.29 is 14.7 Å². The van der Waals surface area contributed by atoms with Crippen LogP contribution in [0.4, 0.5) is 0 Å². The molecule has 106 valence electrons. The Labute approximate surface area is 117 Å². The van der Waals surface area contributed by atoms with E-state index in [0.717, 1.165) is 10.9 Å². The number of benzene rings is 1. The highest BCUT2D eigenvalue weighted by Crippen LogP contribution is 2.18. The van der Waals surface area contributed by atoms with Gasteiger partial charge in [-0.1, -0.05) is 32.0 Å². The van der Waals surface area contributed by atoms with E-state index < -0.39 is 12.0 Å². The number of hydrogen-bond acceptors (Lipinski definition) is 2. The molecule has 1 aromatic carbocycles. The molecule has 0 aliphatic heterocycles. The molecular weight excluding hydrogens is 256 g/mol. The first kappa shape index (κ1) is 14.1. The monoisotopic (exact) mass is 274 g/mol. The zero-order valence-corrected chi connectivity index (χ0v) is 11.5. The van der Waals surface area contributed by atoms with Gasteiger partial charge in [0, 0.05) is 17.1 Å². The minimum absolute atomic E-state index is 0.194. The van der Waals surface area contributed by atoms with Crippen LogP contribution in [0.5, 0.6) is 0 Å². The molecule has 0 aliphatic carbocycles. The summed E-state index contributed by atoms with van der Waals surface area (Å²) in [5.41, 5.74) is 1.32. The first-order valence-electron chi connectivity index (χ1n) is 6.59. The van der Waals surface area contributed by atoms with Gasteiger partial charge in [0.2, 0.25) is 0 Å². The third kappa shape index (κ3) is 2.99. The van der Waals surface area contributed by atoms with Gasteiger partial charge >= 0.3 is 5.97 Å². The Balaban J connectivity index is 2.20. The van der Waals surface area contributed by atoms with E-state index in [1.165, 1.54) is 0 Å². The summed E-state index contributed by atoms with van der Waals surface area (Å²) in [5, 5.41) is 12.5. The van der Waals surface area contributed by atoms with Gasteiger partial charge in [0.15, 0.2) is 0 Å². The Hall–Kier alpha value is -2.30. The number of H-pyrrole nitrogens is 1. The van der Waals surface area contributed by atoms with Gasteiger partial charge in [-0.2, -0.15) is 0 Å². The van der Waals surface area contributed by atoms with E-state index in [2.05, 4.69) is 10.3 Å². The number of carboxylic acid groups (broad SMARTS) is 1. The molecular formula is C15H18N2O3. The Kier molecular flexibility index (Phi) is 4.08. The van der Waals surface area contributed by atoms with Crippen molar-refractivity contribution >= 4 is 22.8 Å². The molecule has 0 fully saturated rings. The van der Waals surface area contributed by atoms with Crippen molar-refractivity contribution in [2.24, 2.45) is 5.92 Å². The highest BCUT2D eigenvalue weighted by atomic mass is 16.4. The molecule has 1 heterocycles. The van der Waals surface area contributed by atoms with Crippen LogP contribution < -0.4 is 5.32 Å². The van der Waals surface area contributed by atoms with Crippen LogP contribution in [0.1, 0.15) is 30.6 Å². The lowest BCUT2D eigenvalue weighted by Crippen LogP contribution is -2.41. The Morgan fingerprint density at radius 3 is 2.65 bits per heavy atom. The van der Waals surface area contributed by atoms with E-state index in [-0.39, 0.29) is 11.8 Å². The van der Waals surface area contributed by atoms with Crippen molar-refractivity contribution in [1.82, 2.24) is 10.3 Å². The van der Waals surface area contributed by atoms with Crippen LogP contribution >= 0.6 is 0 Å². The summed E-state index contributed by atoms with van der Waals surface area (Å²) < 4.78 is 0. The minimum Gasteiger partial charge on any atom is -0.480 e. The Morgan fingerprint density at radius 2 is 2.00 bits per heavy atom. The number of para-hydroxylation sites is 1. The van der Waals surface area contributed by atoms with Crippen LogP contribution in [0.3, 0.4) is 0 Å². The van der Waals surface area contributed by atoms with Crippen LogP contribution in [-0.2, 0) is 4.79 Å². The smallest absolute Gasteiger partial charge is 0.326 e. The number of carbonyl (C=O) groups excluding carboxylic acids is 1. The fourth-order valence-corrected chi connectivity index (χ4v) is 2.19. The summed E-state index contributed by atoms with van der Waals surface area (Å²) in [5.74, 6) is -1.18. The van der Waals surface area contributed by atoms with Crippen molar-refractivity contribution in [3.05, 3.63) is 36.0 Å². The summed E-state index contributed by atoms with van der Waals surface area (Å²) in [6.07, 6.45) is 2.01. The molecule has 0 unspecified atom stereocenters. The van der Waals surface area contributed by atoms with E-state index >= 15 is 0 Å². The molecule has 0 spiro atoms. The zero-order valence-electron chi connectivity index (χ0n) is 11.5. The molecule has 0 saturated heterocycles. The maximum atomic E-state index is 12.2. The predicted molar refractivity (Wildman–Crippen MR) is 76.6 cm³/mol. The summed E-state index contributed by atoms with van der Waals surface area (Å²) in [6.45, 7) is 3.85. The second-order valence-electron chi connectivity index (χ2n) is 5.24. The lowest BCUT2D eigenvalue weighted by Gasteiger charge is -2.16. The standard InChI is InChI=1S/C15H18N2O3/c1-9(2)7-13(15(19)20)17-14(18)11-8-16-12-6-4-3-5-10(11)12/h3-6,8-9,13,16H,7H2,1-2H3,(H,17,18)(H,19,20)/t13-/m1/s1. The maximum Gasteiger partial charge on any atom is 0.326 e. The summed E-state index contributed by atoms with van der Waals surface area (Å²) in [6, 6.07) is 6.55. The normalized spacial score (nSPS) is 12.6. The van der Waals surface area contributed by atoms with Crippen LogP contribution in [-0.4, -0.2) is 28.0 Å². The van der Waals surface area contributed by atoms with Crippen LogP contribution in [0.15, 0.2) is 30.5 Å². The fourth-order valence-electron chi connectivity index (χ4n) is 2.19. The summed E-state index contributed by atoms with van der Waals surface area (Å²) in [4.78, 5) is 26.4. The van der Waals surface area contributed by atoms with Crippen molar-refractivity contribution in [2.45, 2.75) is 26.3 Å². The number of hydrogen-bond donors (Lipinski definition) is 3. The SMILES string of the molecule is CC(C)C[C@@H](NC(=O)c1c[nH]c2ccccc12)C(=O)O. The van der Waals surface area contributed by atoms with Crippen molar-refractivity contribution in [3.63, 3.8) is 0 Å². The molecule has 1 aromatic heterocycles. The second-order valence-corrected chi connectivity index (χ2v) is 5.24. The number of fused-ring (bicyclic) bond motifs is 1. The molecule has 0 bridgehead atoms. The molecule has 1 amide bonds. The second kappa shape index (κ2) is 5.77. The molecule has 0 saturated carbocycles. The highest BCUT2D eigenvalue weighted by Gasteiger charge is 2.22. The first-order chi connectivity index (χ1) is 9.49. The van der Waals surface area contributed by atoms with Gasteiger partial charge in [0.25, 0.3) is 5.91 Å². The third-order valence-electron chi connectivity index (χ3n) is 3.14. The van der Waals surface area contributed by atoms with Gasteiger partial charge in [-0.3, -0.25) is 4.79 Å². The van der Waals surface area contributed by atoms with Crippen molar-refractivity contribution in [1.29, 1.82) is 0 Å². The lowest BCUT2D eigenvalue weighted by molar-refractivity contribution is -0.139. The van der Waals surface area contributed by atoms with Crippen LogP contribution in [0, 0.1) is 5.92 Å². The number of aliphatic carboxylic acids is 1. The van der Waals surface area contributed by atoms with Gasteiger partial charge in [-0.15, -0.1) is 0 Å². The number of aromatic amines is 1. The largest absolute Gasteiger partial charge is 0.480 e. The van der Waals surface area contributed by atoms with E-state index in [1.54, 1.807) is 6.20 Å². The molecule has 0 radical (unpaired) electrons.